The number of nitrogens with zero attached hydrogens (tertiary/aromatic N) is 1. The number of thiophene rings is 1. The van der Waals surface area contributed by atoms with Gasteiger partial charge in [-0.05, 0) is 42.0 Å². The van der Waals surface area contributed by atoms with Crippen LogP contribution in [0.15, 0.2) is 35.7 Å². The lowest BCUT2D eigenvalue weighted by Crippen LogP contribution is -2.25. The average Bonchev–Trinajstić information content (AvgIpc) is 3.18. The van der Waals surface area contributed by atoms with Crippen LogP contribution in [0, 0.1) is 0 Å². The molecule has 1 fully saturated rings. The standard InChI is InChI=1S/C16H19N3OS/c17-15-8-11(16(18)20)3-4-12(15)9-19(13-5-6-13)10-14-2-1-7-21-14/h1-4,7-8,13H,5-6,9-10,17H2,(H2,18,20). The number of anilines is 1. The van der Waals surface area contributed by atoms with Gasteiger partial charge in [0.25, 0.3) is 0 Å². The van der Waals surface area contributed by atoms with Gasteiger partial charge in [0.2, 0.25) is 5.91 Å². The summed E-state index contributed by atoms with van der Waals surface area (Å²) >= 11 is 1.78. The van der Waals surface area contributed by atoms with Crippen LogP contribution in [0.5, 0.6) is 0 Å². The summed E-state index contributed by atoms with van der Waals surface area (Å²) in [5.74, 6) is -0.439. The van der Waals surface area contributed by atoms with Crippen LogP contribution in [-0.4, -0.2) is 16.8 Å². The second-order valence-electron chi connectivity index (χ2n) is 5.49. The molecule has 0 radical (unpaired) electrons. The summed E-state index contributed by atoms with van der Waals surface area (Å²) < 4.78 is 0. The minimum atomic E-state index is -0.439. The van der Waals surface area contributed by atoms with E-state index in [9.17, 15) is 4.79 Å². The molecule has 0 spiro atoms. The molecule has 3 rings (SSSR count). The highest BCUT2D eigenvalue weighted by atomic mass is 32.1. The van der Waals surface area contributed by atoms with E-state index in [1.807, 2.05) is 6.07 Å². The van der Waals surface area contributed by atoms with Gasteiger partial charge in [-0.2, -0.15) is 0 Å². The maximum atomic E-state index is 11.2. The lowest BCUT2D eigenvalue weighted by atomic mass is 10.1. The number of hydrogen-bond donors (Lipinski definition) is 2. The van der Waals surface area contributed by atoms with E-state index < -0.39 is 5.91 Å². The number of amides is 1. The highest BCUT2D eigenvalue weighted by molar-refractivity contribution is 7.09. The normalized spacial score (nSPS) is 14.5. The summed E-state index contributed by atoms with van der Waals surface area (Å²) in [6.45, 7) is 1.77. The Hall–Kier alpha value is -1.85. The van der Waals surface area contributed by atoms with Crippen molar-refractivity contribution < 1.29 is 4.79 Å². The Morgan fingerprint density at radius 1 is 1.29 bits per heavy atom. The Balaban J connectivity index is 1.75. The Morgan fingerprint density at radius 2 is 2.10 bits per heavy atom. The van der Waals surface area contributed by atoms with Crippen molar-refractivity contribution in [1.82, 2.24) is 4.90 Å². The molecule has 5 heteroatoms. The minimum Gasteiger partial charge on any atom is -0.398 e. The van der Waals surface area contributed by atoms with E-state index in [2.05, 4.69) is 22.4 Å². The summed E-state index contributed by atoms with van der Waals surface area (Å²) in [5, 5.41) is 2.11. The fourth-order valence-corrected chi connectivity index (χ4v) is 3.20. The molecule has 1 aromatic heterocycles. The summed E-state index contributed by atoms with van der Waals surface area (Å²) in [5.41, 5.74) is 13.5. The molecule has 1 aromatic carbocycles. The first-order valence-electron chi connectivity index (χ1n) is 7.08. The van der Waals surface area contributed by atoms with E-state index in [4.69, 9.17) is 11.5 Å². The predicted octanol–water partition coefficient (Wildman–Crippen LogP) is 2.59. The van der Waals surface area contributed by atoms with E-state index in [0.29, 0.717) is 17.3 Å². The van der Waals surface area contributed by atoms with Crippen molar-refractivity contribution in [3.05, 3.63) is 51.7 Å². The zero-order valence-electron chi connectivity index (χ0n) is 11.8. The van der Waals surface area contributed by atoms with E-state index in [0.717, 1.165) is 18.7 Å². The fourth-order valence-electron chi connectivity index (χ4n) is 2.47. The largest absolute Gasteiger partial charge is 0.398 e. The Morgan fingerprint density at radius 3 is 2.67 bits per heavy atom. The molecule has 1 heterocycles. The molecule has 4 N–H and O–H groups in total. The summed E-state index contributed by atoms with van der Waals surface area (Å²) in [7, 11) is 0. The van der Waals surface area contributed by atoms with Crippen molar-refractivity contribution in [2.45, 2.75) is 32.0 Å². The first-order chi connectivity index (χ1) is 10.1. The Labute approximate surface area is 128 Å². The zero-order chi connectivity index (χ0) is 14.8. The number of rotatable bonds is 6. The van der Waals surface area contributed by atoms with Crippen molar-refractivity contribution >= 4 is 22.9 Å². The van der Waals surface area contributed by atoms with Crippen LogP contribution in [0.3, 0.4) is 0 Å². The fraction of sp³-hybridized carbons (Fsp3) is 0.312. The molecule has 1 aliphatic carbocycles. The van der Waals surface area contributed by atoms with Crippen molar-refractivity contribution in [3.8, 4) is 0 Å². The van der Waals surface area contributed by atoms with Crippen LogP contribution >= 0.6 is 11.3 Å². The Bertz CT molecular complexity index is 635. The first-order valence-corrected chi connectivity index (χ1v) is 7.96. The highest BCUT2D eigenvalue weighted by Gasteiger charge is 2.29. The topological polar surface area (TPSA) is 72.4 Å². The maximum Gasteiger partial charge on any atom is 0.248 e. The molecule has 1 saturated carbocycles. The van der Waals surface area contributed by atoms with Gasteiger partial charge in [0, 0.05) is 35.3 Å². The average molecular weight is 301 g/mol. The van der Waals surface area contributed by atoms with Gasteiger partial charge < -0.3 is 11.5 Å². The lowest BCUT2D eigenvalue weighted by molar-refractivity contribution is 0.100. The monoisotopic (exact) mass is 301 g/mol. The number of nitrogen functional groups attached to an aromatic ring is 1. The number of benzene rings is 1. The van der Waals surface area contributed by atoms with Crippen LogP contribution < -0.4 is 11.5 Å². The third kappa shape index (κ3) is 3.43. The van der Waals surface area contributed by atoms with Gasteiger partial charge >= 0.3 is 0 Å². The zero-order valence-corrected chi connectivity index (χ0v) is 12.6. The van der Waals surface area contributed by atoms with Gasteiger partial charge in [-0.15, -0.1) is 11.3 Å². The molecule has 0 saturated heterocycles. The van der Waals surface area contributed by atoms with Gasteiger partial charge in [0.1, 0.15) is 0 Å². The lowest BCUT2D eigenvalue weighted by Gasteiger charge is -2.22. The number of hydrogen-bond acceptors (Lipinski definition) is 4. The van der Waals surface area contributed by atoms with E-state index in [1.165, 1.54) is 17.7 Å². The molecule has 0 bridgehead atoms. The van der Waals surface area contributed by atoms with Crippen LogP contribution in [0.2, 0.25) is 0 Å². The molecular formula is C16H19N3OS. The van der Waals surface area contributed by atoms with Crippen LogP contribution in [0.4, 0.5) is 5.69 Å². The van der Waals surface area contributed by atoms with Gasteiger partial charge in [-0.25, -0.2) is 0 Å². The van der Waals surface area contributed by atoms with E-state index in [1.54, 1.807) is 23.5 Å². The molecule has 2 aromatic rings. The van der Waals surface area contributed by atoms with Crippen LogP contribution in [0.25, 0.3) is 0 Å². The van der Waals surface area contributed by atoms with Crippen molar-refractivity contribution in [3.63, 3.8) is 0 Å². The molecule has 0 atom stereocenters. The van der Waals surface area contributed by atoms with Gasteiger partial charge in [-0.3, -0.25) is 9.69 Å². The summed E-state index contributed by atoms with van der Waals surface area (Å²) in [6.07, 6.45) is 2.51. The van der Waals surface area contributed by atoms with Gasteiger partial charge in [0.05, 0.1) is 0 Å². The third-order valence-corrected chi connectivity index (χ3v) is 4.67. The minimum absolute atomic E-state index is 0.439. The highest BCUT2D eigenvalue weighted by Crippen LogP contribution is 2.31. The molecule has 1 amide bonds. The molecule has 1 aliphatic rings. The second-order valence-corrected chi connectivity index (χ2v) is 6.53. The SMILES string of the molecule is NC(=O)c1ccc(CN(Cc2cccs2)C2CC2)c(N)c1. The Kier molecular flexibility index (Phi) is 3.94. The number of nitrogens with two attached hydrogens (primary N) is 2. The van der Waals surface area contributed by atoms with E-state index in [-0.39, 0.29) is 0 Å². The number of carbonyl (C=O) groups excluding carboxylic acids is 1. The second kappa shape index (κ2) is 5.87. The van der Waals surface area contributed by atoms with Crippen LogP contribution in [0.1, 0.15) is 33.6 Å². The van der Waals surface area contributed by atoms with Gasteiger partial charge in [0.15, 0.2) is 0 Å². The molecule has 4 nitrogen and oxygen atoms in total. The summed E-state index contributed by atoms with van der Waals surface area (Å²) in [6, 6.07) is 10.3. The predicted molar refractivity (Wildman–Crippen MR) is 86.0 cm³/mol. The number of primary amides is 1. The maximum absolute atomic E-state index is 11.2. The quantitative estimate of drug-likeness (QED) is 0.806. The van der Waals surface area contributed by atoms with Crippen LogP contribution in [-0.2, 0) is 13.1 Å². The number of carbonyl (C=O) groups is 1. The molecule has 0 aliphatic heterocycles. The van der Waals surface area contributed by atoms with Gasteiger partial charge in [-0.1, -0.05) is 12.1 Å². The summed E-state index contributed by atoms with van der Waals surface area (Å²) in [4.78, 5) is 15.0. The van der Waals surface area contributed by atoms with Crippen molar-refractivity contribution in [2.24, 2.45) is 5.73 Å². The van der Waals surface area contributed by atoms with E-state index >= 15 is 0 Å². The van der Waals surface area contributed by atoms with Crippen molar-refractivity contribution in [2.75, 3.05) is 5.73 Å². The molecule has 21 heavy (non-hydrogen) atoms. The van der Waals surface area contributed by atoms with Crippen molar-refractivity contribution in [1.29, 1.82) is 0 Å². The molecule has 110 valence electrons. The molecular weight excluding hydrogens is 282 g/mol. The smallest absolute Gasteiger partial charge is 0.248 e. The molecule has 0 unspecified atom stereocenters. The third-order valence-electron chi connectivity index (χ3n) is 3.81. The first kappa shape index (κ1) is 14.1.